The van der Waals surface area contributed by atoms with Crippen molar-refractivity contribution in [1.82, 2.24) is 9.97 Å². The van der Waals surface area contributed by atoms with Crippen LogP contribution in [0.15, 0.2) is 122 Å². The number of hydrogen-bond donors (Lipinski definition) is 0. The minimum absolute atomic E-state index is 0. The van der Waals surface area contributed by atoms with Crippen LogP contribution in [0.25, 0.3) is 53.8 Å². The van der Waals surface area contributed by atoms with E-state index in [1.54, 1.807) is 0 Å². The summed E-state index contributed by atoms with van der Waals surface area (Å²) in [5.41, 5.74) is 8.95. The molecule has 3 heterocycles. The van der Waals surface area contributed by atoms with Gasteiger partial charge >= 0.3 is 0 Å². The Bertz CT molecular complexity index is 1880. The average molecular weight is 711 g/mol. The summed E-state index contributed by atoms with van der Waals surface area (Å²) in [6, 6.07) is 43.8. The zero-order chi connectivity index (χ0) is 26.6. The molecule has 1 radical (unpaired) electrons. The second-order valence-corrected chi connectivity index (χ2v) is 10.5. The van der Waals surface area contributed by atoms with E-state index in [1.165, 1.54) is 42.4 Å². The molecular weight excluding hydrogens is 685 g/mol. The number of hydrogen-bond acceptors (Lipinski definition) is 3. The van der Waals surface area contributed by atoms with Crippen molar-refractivity contribution < 1.29 is 20.1 Å². The Labute approximate surface area is 252 Å². The molecule has 0 aliphatic rings. The summed E-state index contributed by atoms with van der Waals surface area (Å²) in [6.45, 7) is 4.21. The predicted octanol–water partition coefficient (Wildman–Crippen LogP) is 9.75. The summed E-state index contributed by atoms with van der Waals surface area (Å²) in [4.78, 5) is 9.06. The second-order valence-electron chi connectivity index (χ2n) is 9.44. The Morgan fingerprint density at radius 3 is 2.25 bits per heavy atom. The molecule has 2 nitrogen and oxygen atoms in total. The summed E-state index contributed by atoms with van der Waals surface area (Å²) in [7, 11) is 0. The molecule has 40 heavy (non-hydrogen) atoms. The summed E-state index contributed by atoms with van der Waals surface area (Å²) in [6.07, 6.45) is 3.81. The molecule has 4 heteroatoms. The number of benzene rings is 4. The van der Waals surface area contributed by atoms with Crippen LogP contribution in [0.5, 0.6) is 0 Å². The van der Waals surface area contributed by atoms with Crippen LogP contribution in [-0.4, -0.2) is 9.97 Å². The quantitative estimate of drug-likeness (QED) is 0.171. The number of thiophene rings is 1. The van der Waals surface area contributed by atoms with Gasteiger partial charge in [-0.15, -0.1) is 59.7 Å². The molecule has 0 amide bonds. The van der Waals surface area contributed by atoms with Crippen molar-refractivity contribution in [3.8, 4) is 33.6 Å². The average Bonchev–Trinajstić information content (AvgIpc) is 3.37. The Hall–Kier alpha value is -3.95. The van der Waals surface area contributed by atoms with Gasteiger partial charge in [0.05, 0.1) is 0 Å². The minimum Gasteiger partial charge on any atom is -0.305 e. The van der Waals surface area contributed by atoms with Gasteiger partial charge < -0.3 is 9.97 Å². The zero-order valence-electron chi connectivity index (χ0n) is 22.2. The van der Waals surface area contributed by atoms with Crippen LogP contribution < -0.4 is 0 Å². The van der Waals surface area contributed by atoms with E-state index in [9.17, 15) is 0 Å². The van der Waals surface area contributed by atoms with Crippen LogP contribution in [0.3, 0.4) is 0 Å². The van der Waals surface area contributed by atoms with Gasteiger partial charge in [-0.1, -0.05) is 71.6 Å². The van der Waals surface area contributed by atoms with Gasteiger partial charge in [-0.2, -0.15) is 11.3 Å². The Morgan fingerprint density at radius 2 is 1.48 bits per heavy atom. The van der Waals surface area contributed by atoms with Gasteiger partial charge in [0.2, 0.25) is 0 Å². The first-order valence-corrected chi connectivity index (χ1v) is 13.7. The Kier molecular flexibility index (Phi) is 8.62. The number of rotatable bonds is 3. The number of aryl methyl sites for hydroxylation is 2. The van der Waals surface area contributed by atoms with Gasteiger partial charge in [-0.25, -0.2) is 0 Å². The molecule has 0 bridgehead atoms. The maximum atomic E-state index is 4.55. The first kappa shape index (κ1) is 27.6. The minimum atomic E-state index is 0. The van der Waals surface area contributed by atoms with Crippen LogP contribution in [0.1, 0.15) is 11.1 Å². The Balaban J connectivity index is 0.000000158. The smallest absolute Gasteiger partial charge is 0.0242 e. The topological polar surface area (TPSA) is 25.8 Å². The van der Waals surface area contributed by atoms with E-state index in [-0.39, 0.29) is 20.1 Å². The van der Waals surface area contributed by atoms with Crippen molar-refractivity contribution in [2.24, 2.45) is 0 Å². The predicted molar refractivity (Wildman–Crippen MR) is 165 cm³/mol. The van der Waals surface area contributed by atoms with Gasteiger partial charge in [0.25, 0.3) is 0 Å². The molecule has 7 aromatic rings. The van der Waals surface area contributed by atoms with Crippen molar-refractivity contribution in [3.05, 3.63) is 145 Å². The van der Waals surface area contributed by atoms with E-state index < -0.39 is 0 Å². The van der Waals surface area contributed by atoms with Gasteiger partial charge in [-0.05, 0) is 58.6 Å². The molecule has 0 saturated carbocycles. The maximum Gasteiger partial charge on any atom is 0.0242 e. The van der Waals surface area contributed by atoms with Gasteiger partial charge in [0, 0.05) is 42.8 Å². The molecule has 7 rings (SSSR count). The van der Waals surface area contributed by atoms with Gasteiger partial charge in [-0.3, -0.25) is 0 Å². The van der Waals surface area contributed by atoms with E-state index in [1.807, 2.05) is 78.3 Å². The molecule has 197 valence electrons. The van der Waals surface area contributed by atoms with E-state index in [0.29, 0.717) is 0 Å². The van der Waals surface area contributed by atoms with E-state index in [4.69, 9.17) is 0 Å². The van der Waals surface area contributed by atoms with Crippen molar-refractivity contribution in [1.29, 1.82) is 0 Å². The third-order valence-electron chi connectivity index (χ3n) is 6.69. The molecule has 4 aromatic carbocycles. The molecule has 0 unspecified atom stereocenters. The molecule has 0 saturated heterocycles. The van der Waals surface area contributed by atoms with Crippen molar-refractivity contribution >= 4 is 31.5 Å². The van der Waals surface area contributed by atoms with Crippen molar-refractivity contribution in [2.75, 3.05) is 0 Å². The van der Waals surface area contributed by atoms with E-state index in [0.717, 1.165) is 22.5 Å². The van der Waals surface area contributed by atoms with Crippen molar-refractivity contribution in [3.63, 3.8) is 0 Å². The van der Waals surface area contributed by atoms with Crippen LogP contribution >= 0.6 is 11.3 Å². The number of fused-ring (bicyclic) bond motifs is 3. The van der Waals surface area contributed by atoms with Crippen LogP contribution in [-0.2, 0) is 20.1 Å². The van der Waals surface area contributed by atoms with E-state index >= 15 is 0 Å². The zero-order valence-corrected chi connectivity index (χ0v) is 25.4. The number of nitrogens with zero attached hydrogens (tertiary/aromatic N) is 2. The van der Waals surface area contributed by atoms with Crippen LogP contribution in [0.2, 0.25) is 0 Å². The molecule has 0 aliphatic heterocycles. The molecule has 0 spiro atoms. The standard InChI is InChI=1S/C18H12NS.C18H14N.Ir/c1-12-9-10-19-16(11-12)15-7-4-6-14-13-5-2-3-8-17(13)20-18(14)15;1-14-12-18(16-10-6-3-7-11-16)19-13-17(14)15-8-4-2-5-9-15;/h2-6,8-11H,1H3;2-10,12-13H,1H3;/q2*-1;. The monoisotopic (exact) mass is 711 g/mol. The van der Waals surface area contributed by atoms with Crippen LogP contribution in [0.4, 0.5) is 0 Å². The molecular formula is C36H26IrN2S-2. The first-order valence-electron chi connectivity index (χ1n) is 12.9. The third kappa shape index (κ3) is 5.80. The summed E-state index contributed by atoms with van der Waals surface area (Å²) >= 11 is 1.82. The van der Waals surface area contributed by atoms with Crippen molar-refractivity contribution in [2.45, 2.75) is 13.8 Å². The number of aromatic nitrogens is 2. The summed E-state index contributed by atoms with van der Waals surface area (Å²) in [5, 5.41) is 2.61. The van der Waals surface area contributed by atoms with Gasteiger partial charge in [0.1, 0.15) is 0 Å². The van der Waals surface area contributed by atoms with Crippen LogP contribution in [0, 0.1) is 26.0 Å². The number of pyridine rings is 2. The SMILES string of the molecule is Cc1cc(-c2[c-]cccc2)ncc1-c1ccccc1.Cc1ccnc(-c2[c-]ccc3c2sc2ccccc23)c1.[Ir]. The fourth-order valence-electron chi connectivity index (χ4n) is 4.73. The largest absolute Gasteiger partial charge is 0.305 e. The normalized spacial score (nSPS) is 10.6. The molecule has 3 aromatic heterocycles. The summed E-state index contributed by atoms with van der Waals surface area (Å²) < 4.78 is 2.59. The second kappa shape index (κ2) is 12.5. The third-order valence-corrected chi connectivity index (χ3v) is 7.89. The molecule has 0 aliphatic carbocycles. The fraction of sp³-hybridized carbons (Fsp3) is 0.0556. The fourth-order valence-corrected chi connectivity index (χ4v) is 5.94. The maximum absolute atomic E-state index is 4.55. The molecule has 0 N–H and O–H groups in total. The molecule has 0 atom stereocenters. The molecule has 0 fully saturated rings. The van der Waals surface area contributed by atoms with Gasteiger partial charge in [0.15, 0.2) is 0 Å². The Morgan fingerprint density at radius 1 is 0.675 bits per heavy atom. The first-order chi connectivity index (χ1) is 19.2. The summed E-state index contributed by atoms with van der Waals surface area (Å²) in [5.74, 6) is 0. The van der Waals surface area contributed by atoms with E-state index in [2.05, 4.69) is 90.5 Å².